The van der Waals surface area contributed by atoms with E-state index in [-0.39, 0.29) is 31.3 Å². The molecular weight excluding hydrogens is 299 g/mol. The summed E-state index contributed by atoms with van der Waals surface area (Å²) in [7, 11) is 0. The predicted molar refractivity (Wildman–Crippen MR) is 83.1 cm³/mol. The maximum atomic E-state index is 13.4. The SMILES string of the molecule is CC(C)(CC(=O)N1CCCC1)NCC(=O)N1C[C@@H](F)C[C@H]1C#N. The summed E-state index contributed by atoms with van der Waals surface area (Å²) >= 11 is 0. The number of alkyl halides is 1. The van der Waals surface area contributed by atoms with Crippen LogP contribution in [0.5, 0.6) is 0 Å². The Morgan fingerprint density at radius 3 is 2.57 bits per heavy atom. The van der Waals surface area contributed by atoms with Crippen LogP contribution in [-0.4, -0.2) is 65.5 Å². The van der Waals surface area contributed by atoms with Gasteiger partial charge in [0.1, 0.15) is 12.2 Å². The smallest absolute Gasteiger partial charge is 0.237 e. The van der Waals surface area contributed by atoms with Crippen LogP contribution in [0.1, 0.15) is 39.5 Å². The van der Waals surface area contributed by atoms with Gasteiger partial charge in [-0.05, 0) is 26.7 Å². The predicted octanol–water partition coefficient (Wildman–Crippen LogP) is 0.830. The van der Waals surface area contributed by atoms with Crippen molar-refractivity contribution in [1.29, 1.82) is 5.26 Å². The summed E-state index contributed by atoms with van der Waals surface area (Å²) in [5.41, 5.74) is -0.522. The molecule has 0 unspecified atom stereocenters. The average Bonchev–Trinajstić information content (AvgIpc) is 3.13. The second-order valence-corrected chi connectivity index (χ2v) is 7.03. The summed E-state index contributed by atoms with van der Waals surface area (Å²) in [6, 6.07) is 1.28. The third kappa shape index (κ3) is 4.64. The van der Waals surface area contributed by atoms with Crippen molar-refractivity contribution in [3.63, 3.8) is 0 Å². The van der Waals surface area contributed by atoms with Crippen LogP contribution in [0.15, 0.2) is 0 Å². The third-order valence-corrected chi connectivity index (χ3v) is 4.49. The van der Waals surface area contributed by atoms with Crippen LogP contribution < -0.4 is 5.32 Å². The first kappa shape index (κ1) is 17.7. The van der Waals surface area contributed by atoms with Gasteiger partial charge in [0.25, 0.3) is 0 Å². The Bertz CT molecular complexity index is 497. The van der Waals surface area contributed by atoms with E-state index in [0.717, 1.165) is 25.9 Å². The molecule has 0 radical (unpaired) electrons. The second-order valence-electron chi connectivity index (χ2n) is 7.03. The summed E-state index contributed by atoms with van der Waals surface area (Å²) < 4.78 is 13.4. The lowest BCUT2D eigenvalue weighted by molar-refractivity contribution is -0.133. The molecular formula is C16H25FN4O2. The fourth-order valence-corrected chi connectivity index (χ4v) is 3.12. The van der Waals surface area contributed by atoms with E-state index in [4.69, 9.17) is 5.26 Å². The molecule has 0 aliphatic carbocycles. The number of nitrogens with zero attached hydrogens (tertiary/aromatic N) is 3. The highest BCUT2D eigenvalue weighted by atomic mass is 19.1. The quantitative estimate of drug-likeness (QED) is 0.813. The maximum Gasteiger partial charge on any atom is 0.237 e. The molecule has 2 saturated heterocycles. The molecule has 1 N–H and O–H groups in total. The van der Waals surface area contributed by atoms with E-state index >= 15 is 0 Å². The van der Waals surface area contributed by atoms with Crippen LogP contribution in [0.2, 0.25) is 0 Å². The zero-order chi connectivity index (χ0) is 17.0. The number of hydrogen-bond donors (Lipinski definition) is 1. The largest absolute Gasteiger partial charge is 0.343 e. The Hall–Kier alpha value is -1.68. The van der Waals surface area contributed by atoms with Gasteiger partial charge in [0.2, 0.25) is 11.8 Å². The van der Waals surface area contributed by atoms with Gasteiger partial charge in [-0.2, -0.15) is 5.26 Å². The highest BCUT2D eigenvalue weighted by Gasteiger charge is 2.36. The highest BCUT2D eigenvalue weighted by molar-refractivity contribution is 5.80. The lowest BCUT2D eigenvalue weighted by Gasteiger charge is -2.29. The van der Waals surface area contributed by atoms with Crippen molar-refractivity contribution in [2.45, 2.75) is 57.3 Å². The molecule has 0 aromatic carbocycles. The minimum atomic E-state index is -1.13. The number of amides is 2. The van der Waals surface area contributed by atoms with Crippen LogP contribution in [0.25, 0.3) is 0 Å². The van der Waals surface area contributed by atoms with Gasteiger partial charge < -0.3 is 15.1 Å². The van der Waals surface area contributed by atoms with Gasteiger partial charge in [0, 0.05) is 31.5 Å². The molecule has 2 heterocycles. The standard InChI is InChI=1S/C16H25FN4O2/c1-16(2,8-14(22)20-5-3-4-6-20)19-10-15(23)21-11-12(17)7-13(21)9-18/h12-13,19H,3-8,10-11H2,1-2H3/t12-,13-/m0/s1. The first-order valence-corrected chi connectivity index (χ1v) is 8.18. The maximum absolute atomic E-state index is 13.4. The summed E-state index contributed by atoms with van der Waals surface area (Å²) in [5.74, 6) is -0.203. The second kappa shape index (κ2) is 7.26. The Balaban J connectivity index is 1.82. The van der Waals surface area contributed by atoms with Crippen molar-refractivity contribution in [3.05, 3.63) is 0 Å². The number of carbonyl (C=O) groups excluding carboxylic acids is 2. The zero-order valence-corrected chi connectivity index (χ0v) is 13.8. The lowest BCUT2D eigenvalue weighted by Crippen LogP contribution is -2.49. The first-order chi connectivity index (χ1) is 10.8. The normalized spacial score (nSPS) is 24.8. The van der Waals surface area contributed by atoms with Gasteiger partial charge in [-0.3, -0.25) is 9.59 Å². The molecule has 0 aromatic heterocycles. The van der Waals surface area contributed by atoms with Gasteiger partial charge in [-0.25, -0.2) is 4.39 Å². The van der Waals surface area contributed by atoms with Gasteiger partial charge in [-0.15, -0.1) is 0 Å². The Morgan fingerprint density at radius 2 is 1.96 bits per heavy atom. The van der Waals surface area contributed by atoms with Crippen LogP contribution >= 0.6 is 0 Å². The van der Waals surface area contributed by atoms with Gasteiger partial charge in [-0.1, -0.05) is 0 Å². The molecule has 0 spiro atoms. The zero-order valence-electron chi connectivity index (χ0n) is 13.8. The number of hydrogen-bond acceptors (Lipinski definition) is 4. The average molecular weight is 324 g/mol. The van der Waals surface area contributed by atoms with Crippen molar-refractivity contribution in [2.75, 3.05) is 26.2 Å². The van der Waals surface area contributed by atoms with Crippen molar-refractivity contribution in [3.8, 4) is 6.07 Å². The molecule has 2 aliphatic rings. The van der Waals surface area contributed by atoms with E-state index in [2.05, 4.69) is 5.32 Å². The van der Waals surface area contributed by atoms with Crippen LogP contribution in [-0.2, 0) is 9.59 Å². The van der Waals surface area contributed by atoms with E-state index in [1.54, 1.807) is 0 Å². The fourth-order valence-electron chi connectivity index (χ4n) is 3.12. The van der Waals surface area contributed by atoms with E-state index in [1.165, 1.54) is 4.90 Å². The Labute approximate surface area is 136 Å². The number of nitrogens with one attached hydrogen (secondary N) is 1. The molecule has 6 nitrogen and oxygen atoms in total. The molecule has 2 rings (SSSR count). The molecule has 7 heteroatoms. The molecule has 0 bridgehead atoms. The first-order valence-electron chi connectivity index (χ1n) is 8.18. The number of rotatable bonds is 5. The molecule has 128 valence electrons. The molecule has 0 aromatic rings. The molecule has 2 amide bonds. The number of nitriles is 1. The van der Waals surface area contributed by atoms with Gasteiger partial charge in [0.15, 0.2) is 0 Å². The Morgan fingerprint density at radius 1 is 1.30 bits per heavy atom. The molecule has 2 atom stereocenters. The third-order valence-electron chi connectivity index (χ3n) is 4.49. The van der Waals surface area contributed by atoms with E-state index in [0.29, 0.717) is 6.42 Å². The monoisotopic (exact) mass is 324 g/mol. The summed E-state index contributed by atoms with van der Waals surface area (Å²) in [6.07, 6.45) is 1.36. The topological polar surface area (TPSA) is 76.4 Å². The Kier molecular flexibility index (Phi) is 5.58. The van der Waals surface area contributed by atoms with Crippen LogP contribution in [0, 0.1) is 11.3 Å². The van der Waals surface area contributed by atoms with Gasteiger partial charge >= 0.3 is 0 Å². The van der Waals surface area contributed by atoms with E-state index < -0.39 is 17.8 Å². The number of halogens is 1. The van der Waals surface area contributed by atoms with Crippen LogP contribution in [0.3, 0.4) is 0 Å². The highest BCUT2D eigenvalue weighted by Crippen LogP contribution is 2.20. The van der Waals surface area contributed by atoms with Crippen molar-refractivity contribution >= 4 is 11.8 Å². The summed E-state index contributed by atoms with van der Waals surface area (Å²) in [5, 5.41) is 12.1. The minimum Gasteiger partial charge on any atom is -0.343 e. The molecule has 2 fully saturated rings. The summed E-state index contributed by atoms with van der Waals surface area (Å²) in [6.45, 7) is 5.35. The summed E-state index contributed by atoms with van der Waals surface area (Å²) in [4.78, 5) is 27.5. The van der Waals surface area contributed by atoms with Crippen molar-refractivity contribution < 1.29 is 14.0 Å². The lowest BCUT2D eigenvalue weighted by atomic mass is 9.99. The number of carbonyl (C=O) groups is 2. The minimum absolute atomic E-state index is 0.00514. The molecule has 2 aliphatic heterocycles. The molecule has 0 saturated carbocycles. The fraction of sp³-hybridized carbons (Fsp3) is 0.812. The van der Waals surface area contributed by atoms with Crippen molar-refractivity contribution in [1.82, 2.24) is 15.1 Å². The molecule has 23 heavy (non-hydrogen) atoms. The van der Waals surface area contributed by atoms with Crippen LogP contribution in [0.4, 0.5) is 4.39 Å². The van der Waals surface area contributed by atoms with Crippen molar-refractivity contribution in [2.24, 2.45) is 0 Å². The van der Waals surface area contributed by atoms with E-state index in [9.17, 15) is 14.0 Å². The number of likely N-dealkylation sites (tertiary alicyclic amines) is 2. The van der Waals surface area contributed by atoms with E-state index in [1.807, 2.05) is 24.8 Å². The van der Waals surface area contributed by atoms with Gasteiger partial charge in [0.05, 0.1) is 19.2 Å².